The highest BCUT2D eigenvalue weighted by molar-refractivity contribution is 5.91. The Morgan fingerprint density at radius 3 is 3.04 bits per heavy atom. The van der Waals surface area contributed by atoms with Crippen molar-refractivity contribution < 1.29 is 14.1 Å². The van der Waals surface area contributed by atoms with Crippen molar-refractivity contribution in [3.63, 3.8) is 0 Å². The van der Waals surface area contributed by atoms with Gasteiger partial charge in [0.2, 0.25) is 0 Å². The van der Waals surface area contributed by atoms with E-state index >= 15 is 0 Å². The molecule has 1 atom stereocenters. The lowest BCUT2D eigenvalue weighted by atomic mass is 10.1. The Morgan fingerprint density at radius 1 is 1.36 bits per heavy atom. The molecule has 9 heteroatoms. The van der Waals surface area contributed by atoms with Gasteiger partial charge in [0.1, 0.15) is 18.2 Å². The van der Waals surface area contributed by atoms with Crippen LogP contribution in [0.25, 0.3) is 0 Å². The van der Waals surface area contributed by atoms with Gasteiger partial charge in [-0.3, -0.25) is 24.5 Å². The van der Waals surface area contributed by atoms with E-state index in [0.717, 1.165) is 32.6 Å². The highest BCUT2D eigenvalue weighted by Gasteiger charge is 2.33. The van der Waals surface area contributed by atoms with Crippen molar-refractivity contribution in [1.29, 1.82) is 0 Å². The number of hydrogen-bond acceptors (Lipinski definition) is 6. The van der Waals surface area contributed by atoms with Crippen molar-refractivity contribution in [3.8, 4) is 0 Å². The zero-order valence-corrected chi connectivity index (χ0v) is 13.7. The number of carbonyl (C=O) groups excluding carboxylic acids is 1. The second kappa shape index (κ2) is 6.32. The third-order valence-electron chi connectivity index (χ3n) is 4.90. The van der Waals surface area contributed by atoms with Crippen LogP contribution in [0.3, 0.4) is 0 Å². The quantitative estimate of drug-likeness (QED) is 0.613. The molecule has 0 bridgehead atoms. The summed E-state index contributed by atoms with van der Waals surface area (Å²) in [7, 11) is 0. The lowest BCUT2D eigenvalue weighted by Gasteiger charge is -2.37. The SMILES string of the molecule is O=C(c1ccc(Cn2cc([N+](=O)[O-])cn2)o1)N1CCN2CCCC2C1. The molecule has 4 rings (SSSR count). The second-order valence-corrected chi connectivity index (χ2v) is 6.50. The molecule has 2 aromatic rings. The molecule has 0 saturated carbocycles. The van der Waals surface area contributed by atoms with Gasteiger partial charge in [0.05, 0.1) is 11.5 Å². The standard InChI is InChI=1S/C16H19N5O4/c22-16(19-7-6-18-5-1-2-12(18)9-19)15-4-3-14(25-15)11-20-10-13(8-17-20)21(23)24/h3-4,8,10,12H,1-2,5-7,9,11H2. The number of carbonyl (C=O) groups is 1. The van der Waals surface area contributed by atoms with Crippen LogP contribution >= 0.6 is 0 Å². The molecule has 0 N–H and O–H groups in total. The Morgan fingerprint density at radius 2 is 2.24 bits per heavy atom. The molecule has 1 unspecified atom stereocenters. The summed E-state index contributed by atoms with van der Waals surface area (Å²) in [5.41, 5.74) is -0.0720. The highest BCUT2D eigenvalue weighted by Crippen LogP contribution is 2.23. The summed E-state index contributed by atoms with van der Waals surface area (Å²) in [5, 5.41) is 14.6. The zero-order valence-electron chi connectivity index (χ0n) is 13.7. The largest absolute Gasteiger partial charge is 0.454 e. The molecule has 2 aliphatic heterocycles. The number of fused-ring (bicyclic) bond motifs is 1. The van der Waals surface area contributed by atoms with Crippen molar-refractivity contribution in [3.05, 3.63) is 46.2 Å². The van der Waals surface area contributed by atoms with E-state index in [1.807, 2.05) is 4.90 Å². The Labute approximate surface area is 143 Å². The van der Waals surface area contributed by atoms with E-state index < -0.39 is 4.92 Å². The fourth-order valence-corrected chi connectivity index (χ4v) is 3.60. The molecular formula is C16H19N5O4. The molecule has 0 aliphatic carbocycles. The number of rotatable bonds is 4. The highest BCUT2D eigenvalue weighted by atomic mass is 16.6. The molecule has 2 saturated heterocycles. The summed E-state index contributed by atoms with van der Waals surface area (Å²) < 4.78 is 7.07. The topological polar surface area (TPSA) is 97.6 Å². The Bertz CT molecular complexity index is 798. The van der Waals surface area contributed by atoms with Crippen molar-refractivity contribution in [2.24, 2.45) is 0 Å². The molecule has 9 nitrogen and oxygen atoms in total. The van der Waals surface area contributed by atoms with Gasteiger partial charge in [0.25, 0.3) is 5.91 Å². The Balaban J connectivity index is 1.41. The molecule has 0 radical (unpaired) electrons. The molecule has 2 fully saturated rings. The molecule has 4 heterocycles. The number of piperazine rings is 1. The van der Waals surface area contributed by atoms with Crippen molar-refractivity contribution in [2.45, 2.75) is 25.4 Å². The van der Waals surface area contributed by atoms with E-state index in [1.54, 1.807) is 12.1 Å². The fraction of sp³-hybridized carbons (Fsp3) is 0.500. The Hall–Kier alpha value is -2.68. The van der Waals surface area contributed by atoms with Crippen molar-refractivity contribution >= 4 is 11.6 Å². The van der Waals surface area contributed by atoms with Crippen LogP contribution in [0.4, 0.5) is 5.69 Å². The first-order valence-electron chi connectivity index (χ1n) is 8.39. The number of nitro groups is 1. The summed E-state index contributed by atoms with van der Waals surface area (Å²) >= 11 is 0. The minimum absolute atomic E-state index is 0.0720. The molecule has 132 valence electrons. The maximum atomic E-state index is 12.6. The first kappa shape index (κ1) is 15.8. The van der Waals surface area contributed by atoms with E-state index in [4.69, 9.17) is 4.42 Å². The maximum absolute atomic E-state index is 12.6. The first-order valence-corrected chi connectivity index (χ1v) is 8.39. The lowest BCUT2D eigenvalue weighted by Crippen LogP contribution is -2.51. The van der Waals surface area contributed by atoms with E-state index in [9.17, 15) is 14.9 Å². The molecule has 1 amide bonds. The number of aromatic nitrogens is 2. The van der Waals surface area contributed by atoms with Gasteiger partial charge >= 0.3 is 5.69 Å². The summed E-state index contributed by atoms with van der Waals surface area (Å²) in [5.74, 6) is 0.758. The zero-order chi connectivity index (χ0) is 17.4. The maximum Gasteiger partial charge on any atom is 0.307 e. The first-order chi connectivity index (χ1) is 12.1. The van der Waals surface area contributed by atoms with Crippen LogP contribution in [0.1, 0.15) is 29.2 Å². The van der Waals surface area contributed by atoms with Crippen LogP contribution in [-0.2, 0) is 6.54 Å². The number of hydrogen-bond donors (Lipinski definition) is 0. The predicted octanol–water partition coefficient (Wildman–Crippen LogP) is 1.35. The van der Waals surface area contributed by atoms with E-state index in [0.29, 0.717) is 17.6 Å². The Kier molecular flexibility index (Phi) is 4.00. The van der Waals surface area contributed by atoms with E-state index in [-0.39, 0.29) is 18.1 Å². The van der Waals surface area contributed by atoms with Crippen LogP contribution in [0.2, 0.25) is 0 Å². The third-order valence-corrected chi connectivity index (χ3v) is 4.90. The normalized spacial score (nSPS) is 20.6. The van der Waals surface area contributed by atoms with Gasteiger partial charge in [-0.15, -0.1) is 0 Å². The van der Waals surface area contributed by atoms with Gasteiger partial charge in [0.15, 0.2) is 5.76 Å². The predicted molar refractivity (Wildman–Crippen MR) is 87.2 cm³/mol. The number of amides is 1. The van der Waals surface area contributed by atoms with Gasteiger partial charge in [-0.25, -0.2) is 0 Å². The fourth-order valence-electron chi connectivity index (χ4n) is 3.60. The minimum atomic E-state index is -0.497. The number of nitrogens with zero attached hydrogens (tertiary/aromatic N) is 5. The van der Waals surface area contributed by atoms with E-state index in [2.05, 4.69) is 10.00 Å². The van der Waals surface area contributed by atoms with Crippen LogP contribution in [-0.4, -0.2) is 62.6 Å². The molecule has 2 aromatic heterocycles. The minimum Gasteiger partial charge on any atom is -0.454 e. The van der Waals surface area contributed by atoms with Gasteiger partial charge in [-0.05, 0) is 31.5 Å². The third kappa shape index (κ3) is 3.14. The van der Waals surface area contributed by atoms with Crippen molar-refractivity contribution in [2.75, 3.05) is 26.2 Å². The van der Waals surface area contributed by atoms with Crippen LogP contribution in [0, 0.1) is 10.1 Å². The van der Waals surface area contributed by atoms with Gasteiger partial charge in [-0.1, -0.05) is 0 Å². The summed E-state index contributed by atoms with van der Waals surface area (Å²) in [4.78, 5) is 27.1. The molecule has 0 aromatic carbocycles. The summed E-state index contributed by atoms with van der Waals surface area (Å²) in [6, 6.07) is 3.85. The lowest BCUT2D eigenvalue weighted by molar-refractivity contribution is -0.385. The van der Waals surface area contributed by atoms with Gasteiger partial charge in [0, 0.05) is 25.7 Å². The smallest absolute Gasteiger partial charge is 0.307 e. The van der Waals surface area contributed by atoms with Crippen LogP contribution < -0.4 is 0 Å². The summed E-state index contributed by atoms with van der Waals surface area (Å²) in [6.07, 6.45) is 4.87. The monoisotopic (exact) mass is 345 g/mol. The second-order valence-electron chi connectivity index (χ2n) is 6.50. The molecule has 2 aliphatic rings. The average Bonchev–Trinajstić information content (AvgIpc) is 3.34. The molecular weight excluding hydrogens is 326 g/mol. The van der Waals surface area contributed by atoms with Gasteiger partial charge < -0.3 is 9.32 Å². The average molecular weight is 345 g/mol. The molecule has 25 heavy (non-hydrogen) atoms. The van der Waals surface area contributed by atoms with Crippen LogP contribution in [0.5, 0.6) is 0 Å². The summed E-state index contributed by atoms with van der Waals surface area (Å²) in [6.45, 7) is 3.77. The van der Waals surface area contributed by atoms with E-state index in [1.165, 1.54) is 23.5 Å². The van der Waals surface area contributed by atoms with Crippen molar-refractivity contribution in [1.82, 2.24) is 19.6 Å². The number of furan rings is 1. The van der Waals surface area contributed by atoms with Crippen LogP contribution in [0.15, 0.2) is 28.9 Å². The van der Waals surface area contributed by atoms with Gasteiger partial charge in [-0.2, -0.15) is 5.10 Å². The molecule has 0 spiro atoms.